The van der Waals surface area contributed by atoms with Crippen LogP contribution in [0.4, 0.5) is 14.5 Å². The molecule has 0 heterocycles. The smallest absolute Gasteiger partial charge is 0.264 e. The molecule has 2 aromatic carbocycles. The van der Waals surface area contributed by atoms with E-state index in [0.29, 0.717) is 5.02 Å². The van der Waals surface area contributed by atoms with Gasteiger partial charge in [-0.1, -0.05) is 11.6 Å². The monoisotopic (exact) mass is 333 g/mol. The summed E-state index contributed by atoms with van der Waals surface area (Å²) < 4.78 is 53.3. The summed E-state index contributed by atoms with van der Waals surface area (Å²) in [5, 5.41) is 9.34. The Bertz CT molecular complexity index is 764. The second-order valence-corrected chi connectivity index (χ2v) is 6.25. The van der Waals surface area contributed by atoms with Crippen LogP contribution in [0.15, 0.2) is 41.3 Å². The van der Waals surface area contributed by atoms with Gasteiger partial charge in [-0.25, -0.2) is 17.2 Å². The number of hydrogen-bond acceptors (Lipinski definition) is 3. The van der Waals surface area contributed by atoms with Crippen LogP contribution in [0, 0.1) is 11.6 Å². The molecule has 8 heteroatoms. The maximum absolute atomic E-state index is 13.7. The molecule has 0 aliphatic carbocycles. The molecule has 0 saturated carbocycles. The zero-order chi connectivity index (χ0) is 15.6. The molecule has 0 amide bonds. The summed E-state index contributed by atoms with van der Waals surface area (Å²) in [5.74, 6) is -2.85. The second kappa shape index (κ2) is 5.97. The molecule has 0 spiro atoms. The first-order chi connectivity index (χ1) is 9.83. The second-order valence-electron chi connectivity index (χ2n) is 4.16. The minimum Gasteiger partial charge on any atom is -0.392 e. The fourth-order valence-corrected chi connectivity index (χ4v) is 2.95. The highest BCUT2D eigenvalue weighted by Gasteiger charge is 2.23. The van der Waals surface area contributed by atoms with Crippen molar-refractivity contribution in [2.24, 2.45) is 0 Å². The Morgan fingerprint density at radius 1 is 1.14 bits per heavy atom. The Balaban J connectivity index is 2.44. The molecular weight excluding hydrogens is 324 g/mol. The van der Waals surface area contributed by atoms with Crippen LogP contribution >= 0.6 is 11.6 Å². The molecule has 0 aliphatic heterocycles. The summed E-state index contributed by atoms with van der Waals surface area (Å²) in [7, 11) is -4.33. The predicted molar refractivity (Wildman–Crippen MR) is 74.5 cm³/mol. The molecule has 112 valence electrons. The van der Waals surface area contributed by atoms with Crippen molar-refractivity contribution in [3.8, 4) is 0 Å². The highest BCUT2D eigenvalue weighted by molar-refractivity contribution is 7.92. The zero-order valence-electron chi connectivity index (χ0n) is 10.5. The van der Waals surface area contributed by atoms with Gasteiger partial charge in [-0.2, -0.15) is 0 Å². The first-order valence-electron chi connectivity index (χ1n) is 5.70. The molecular formula is C13H10ClF2NO3S. The van der Waals surface area contributed by atoms with Gasteiger partial charge in [0.15, 0.2) is 11.6 Å². The Kier molecular flexibility index (Phi) is 4.46. The molecule has 0 aromatic heterocycles. The van der Waals surface area contributed by atoms with Crippen molar-refractivity contribution in [3.63, 3.8) is 0 Å². The van der Waals surface area contributed by atoms with E-state index in [9.17, 15) is 17.2 Å². The number of hydrogen-bond donors (Lipinski definition) is 2. The van der Waals surface area contributed by atoms with E-state index in [0.717, 1.165) is 12.1 Å². The standard InChI is InChI=1S/C13H10ClF2NO3S/c14-9-1-3-10(4-2-9)17-21(19,20)12-6-8(7-18)5-11(15)13(12)16/h1-6,17-18H,7H2. The van der Waals surface area contributed by atoms with Gasteiger partial charge in [-0.3, -0.25) is 4.72 Å². The van der Waals surface area contributed by atoms with Crippen LogP contribution in [0.3, 0.4) is 0 Å². The van der Waals surface area contributed by atoms with Gasteiger partial charge in [-0.05, 0) is 42.0 Å². The Hall–Kier alpha value is -1.70. The van der Waals surface area contributed by atoms with Crippen molar-refractivity contribution in [1.82, 2.24) is 0 Å². The molecule has 0 fully saturated rings. The highest BCUT2D eigenvalue weighted by atomic mass is 35.5. The van der Waals surface area contributed by atoms with E-state index in [1.807, 2.05) is 0 Å². The van der Waals surface area contributed by atoms with Crippen molar-refractivity contribution in [2.75, 3.05) is 4.72 Å². The minimum atomic E-state index is -4.33. The number of sulfonamides is 1. The van der Waals surface area contributed by atoms with Gasteiger partial charge in [0.25, 0.3) is 10.0 Å². The molecule has 4 nitrogen and oxygen atoms in total. The Labute approximate surface area is 125 Å². The number of aliphatic hydroxyl groups excluding tert-OH is 1. The number of aliphatic hydroxyl groups is 1. The quantitative estimate of drug-likeness (QED) is 0.904. The topological polar surface area (TPSA) is 66.4 Å². The lowest BCUT2D eigenvalue weighted by molar-refractivity contribution is 0.280. The lowest BCUT2D eigenvalue weighted by Gasteiger charge is -2.10. The van der Waals surface area contributed by atoms with Gasteiger partial charge >= 0.3 is 0 Å². The Morgan fingerprint density at radius 2 is 1.76 bits per heavy atom. The molecule has 2 aromatic rings. The summed E-state index contributed by atoms with van der Waals surface area (Å²) >= 11 is 5.67. The average molecular weight is 334 g/mol. The van der Waals surface area contributed by atoms with E-state index in [-0.39, 0.29) is 11.3 Å². The van der Waals surface area contributed by atoms with E-state index in [4.69, 9.17) is 16.7 Å². The van der Waals surface area contributed by atoms with E-state index in [2.05, 4.69) is 4.72 Å². The van der Waals surface area contributed by atoms with Crippen LogP contribution in [-0.4, -0.2) is 13.5 Å². The molecule has 0 saturated heterocycles. The summed E-state index contributed by atoms with van der Waals surface area (Å²) in [6.45, 7) is -0.610. The van der Waals surface area contributed by atoms with Gasteiger partial charge < -0.3 is 5.11 Å². The first kappa shape index (κ1) is 15.7. The van der Waals surface area contributed by atoms with Gasteiger partial charge in [0, 0.05) is 10.7 Å². The lowest BCUT2D eigenvalue weighted by Crippen LogP contribution is -2.16. The number of halogens is 3. The summed E-state index contributed by atoms with van der Waals surface area (Å²) in [6.07, 6.45) is 0. The molecule has 21 heavy (non-hydrogen) atoms. The third-order valence-electron chi connectivity index (χ3n) is 2.62. The largest absolute Gasteiger partial charge is 0.392 e. The van der Waals surface area contributed by atoms with Gasteiger partial charge in [0.1, 0.15) is 4.90 Å². The van der Waals surface area contributed by atoms with Gasteiger partial charge in [0.2, 0.25) is 0 Å². The summed E-state index contributed by atoms with van der Waals surface area (Å²) in [4.78, 5) is -0.874. The number of benzene rings is 2. The van der Waals surface area contributed by atoms with Crippen molar-refractivity contribution in [3.05, 3.63) is 58.6 Å². The van der Waals surface area contributed by atoms with Crippen LogP contribution in [0.5, 0.6) is 0 Å². The molecule has 0 atom stereocenters. The molecule has 0 aliphatic rings. The van der Waals surface area contributed by atoms with E-state index in [1.54, 1.807) is 0 Å². The van der Waals surface area contributed by atoms with Crippen LogP contribution in [0.2, 0.25) is 5.02 Å². The van der Waals surface area contributed by atoms with E-state index < -0.39 is 33.2 Å². The molecule has 2 rings (SSSR count). The van der Waals surface area contributed by atoms with E-state index in [1.165, 1.54) is 24.3 Å². The fourth-order valence-electron chi connectivity index (χ4n) is 1.63. The predicted octanol–water partition coefficient (Wildman–Crippen LogP) is 2.91. The summed E-state index contributed by atoms with van der Waals surface area (Å²) in [6, 6.07) is 7.25. The normalized spacial score (nSPS) is 11.4. The third-order valence-corrected chi connectivity index (χ3v) is 4.26. The average Bonchev–Trinajstić information content (AvgIpc) is 2.43. The van der Waals surface area contributed by atoms with Crippen molar-refractivity contribution < 1.29 is 22.3 Å². The van der Waals surface area contributed by atoms with E-state index >= 15 is 0 Å². The molecule has 2 N–H and O–H groups in total. The lowest BCUT2D eigenvalue weighted by atomic mass is 10.2. The first-order valence-corrected chi connectivity index (χ1v) is 7.57. The Morgan fingerprint density at radius 3 is 2.33 bits per heavy atom. The van der Waals surface area contributed by atoms with Crippen molar-refractivity contribution in [2.45, 2.75) is 11.5 Å². The fraction of sp³-hybridized carbons (Fsp3) is 0.0769. The maximum Gasteiger partial charge on any atom is 0.264 e. The van der Waals surface area contributed by atoms with Crippen LogP contribution in [0.25, 0.3) is 0 Å². The van der Waals surface area contributed by atoms with Gasteiger partial charge in [-0.15, -0.1) is 0 Å². The third kappa shape index (κ3) is 3.49. The molecule has 0 unspecified atom stereocenters. The zero-order valence-corrected chi connectivity index (χ0v) is 12.0. The van der Waals surface area contributed by atoms with Crippen molar-refractivity contribution in [1.29, 1.82) is 0 Å². The summed E-state index contributed by atoms with van der Waals surface area (Å²) in [5.41, 5.74) is 0.0963. The molecule has 0 bridgehead atoms. The highest BCUT2D eigenvalue weighted by Crippen LogP contribution is 2.23. The number of rotatable bonds is 4. The minimum absolute atomic E-state index is 0.0506. The SMILES string of the molecule is O=S(=O)(Nc1ccc(Cl)cc1)c1cc(CO)cc(F)c1F. The maximum atomic E-state index is 13.7. The number of anilines is 1. The van der Waals surface area contributed by atoms with Crippen LogP contribution < -0.4 is 4.72 Å². The van der Waals surface area contributed by atoms with Crippen LogP contribution in [0.1, 0.15) is 5.56 Å². The molecule has 0 radical (unpaired) electrons. The van der Waals surface area contributed by atoms with Crippen LogP contribution in [-0.2, 0) is 16.6 Å². The number of nitrogens with one attached hydrogen (secondary N) is 1. The van der Waals surface area contributed by atoms with Gasteiger partial charge in [0.05, 0.1) is 6.61 Å². The van der Waals surface area contributed by atoms with Crippen molar-refractivity contribution >= 4 is 27.3 Å².